The molecule has 6 heteroatoms. The number of nitrogens with one attached hydrogen (secondary N) is 1. The maximum Gasteiger partial charge on any atom is 0.235 e. The molecule has 1 aliphatic carbocycles. The fourth-order valence-electron chi connectivity index (χ4n) is 2.66. The van der Waals surface area contributed by atoms with Crippen LogP contribution in [0.25, 0.3) is 0 Å². The highest BCUT2D eigenvalue weighted by atomic mass is 16.4. The van der Waals surface area contributed by atoms with Crippen LogP contribution in [0.1, 0.15) is 37.2 Å². The van der Waals surface area contributed by atoms with Crippen molar-refractivity contribution in [2.45, 2.75) is 43.7 Å². The van der Waals surface area contributed by atoms with Crippen molar-refractivity contribution in [3.63, 3.8) is 0 Å². The first kappa shape index (κ1) is 15.3. The van der Waals surface area contributed by atoms with Gasteiger partial charge < -0.3 is 21.4 Å². The van der Waals surface area contributed by atoms with Gasteiger partial charge in [-0.2, -0.15) is 0 Å². The van der Waals surface area contributed by atoms with Crippen LogP contribution in [0.4, 0.5) is 0 Å². The second kappa shape index (κ2) is 7.08. The summed E-state index contributed by atoms with van der Waals surface area (Å²) in [7, 11) is 0. The van der Waals surface area contributed by atoms with E-state index < -0.39 is 5.92 Å². The molecule has 1 aromatic carbocycles. The third kappa shape index (κ3) is 3.95. The molecule has 0 heterocycles. The van der Waals surface area contributed by atoms with E-state index in [1.54, 1.807) is 24.3 Å². The number of amides is 1. The summed E-state index contributed by atoms with van der Waals surface area (Å²) in [4.78, 5) is 12.4. The third-order valence-electron chi connectivity index (χ3n) is 3.85. The number of nitrogens with two attached hydrogens (primary N) is 1. The number of oxime groups is 1. The molecule has 1 unspecified atom stereocenters. The zero-order chi connectivity index (χ0) is 15.2. The van der Waals surface area contributed by atoms with E-state index >= 15 is 0 Å². The minimum absolute atomic E-state index is 0.0265. The monoisotopic (exact) mass is 291 g/mol. The highest BCUT2D eigenvalue weighted by Gasteiger charge is 2.28. The van der Waals surface area contributed by atoms with Crippen LogP contribution in [0.15, 0.2) is 35.5 Å². The predicted molar refractivity (Wildman–Crippen MR) is 79.0 cm³/mol. The molecule has 6 nitrogen and oxygen atoms in total. The lowest BCUT2D eigenvalue weighted by Gasteiger charge is -2.27. The smallest absolute Gasteiger partial charge is 0.235 e. The van der Waals surface area contributed by atoms with Crippen LogP contribution in [0.3, 0.4) is 0 Å². The Balaban J connectivity index is 2.09. The molecule has 2 rings (SSSR count). The average Bonchev–Trinajstić information content (AvgIpc) is 2.50. The molecule has 1 atom stereocenters. The molecule has 5 N–H and O–H groups in total. The van der Waals surface area contributed by atoms with Crippen LogP contribution in [0, 0.1) is 0 Å². The van der Waals surface area contributed by atoms with Gasteiger partial charge in [-0.25, -0.2) is 0 Å². The fourth-order valence-corrected chi connectivity index (χ4v) is 2.66. The Morgan fingerprint density at radius 1 is 1.24 bits per heavy atom. The summed E-state index contributed by atoms with van der Waals surface area (Å²) in [5, 5.41) is 24.3. The quantitative estimate of drug-likeness (QED) is 0.286. The molecule has 114 valence electrons. The maximum atomic E-state index is 12.4. The van der Waals surface area contributed by atoms with Crippen molar-refractivity contribution in [3.05, 3.63) is 35.9 Å². The molecule has 1 aromatic rings. The second-order valence-electron chi connectivity index (χ2n) is 5.38. The summed E-state index contributed by atoms with van der Waals surface area (Å²) in [5.41, 5.74) is 6.36. The van der Waals surface area contributed by atoms with Gasteiger partial charge in [-0.3, -0.25) is 4.79 Å². The van der Waals surface area contributed by atoms with Gasteiger partial charge in [-0.05, 0) is 31.2 Å². The van der Waals surface area contributed by atoms with Crippen LogP contribution >= 0.6 is 0 Å². The summed E-state index contributed by atoms with van der Waals surface area (Å²) in [5.74, 6) is -1.21. The molecule has 0 bridgehead atoms. The van der Waals surface area contributed by atoms with Crippen LogP contribution in [-0.4, -0.2) is 34.2 Å². The van der Waals surface area contributed by atoms with E-state index in [0.717, 1.165) is 12.8 Å². The van der Waals surface area contributed by atoms with Gasteiger partial charge in [0.1, 0.15) is 5.92 Å². The van der Waals surface area contributed by atoms with E-state index in [0.29, 0.717) is 18.4 Å². The summed E-state index contributed by atoms with van der Waals surface area (Å²) < 4.78 is 0. The number of aliphatic hydroxyl groups is 1. The number of aliphatic hydroxyl groups excluding tert-OH is 1. The molecule has 1 fully saturated rings. The van der Waals surface area contributed by atoms with Gasteiger partial charge in [0.05, 0.1) is 6.10 Å². The van der Waals surface area contributed by atoms with Gasteiger partial charge in [-0.15, -0.1) is 0 Å². The summed E-state index contributed by atoms with van der Waals surface area (Å²) in [6, 6.07) is 9.01. The highest BCUT2D eigenvalue weighted by molar-refractivity contribution is 6.07. The van der Waals surface area contributed by atoms with Gasteiger partial charge >= 0.3 is 0 Å². The Bertz CT molecular complexity index is 496. The van der Waals surface area contributed by atoms with Crippen molar-refractivity contribution in [2.75, 3.05) is 0 Å². The second-order valence-corrected chi connectivity index (χ2v) is 5.38. The highest BCUT2D eigenvalue weighted by Crippen LogP contribution is 2.21. The minimum Gasteiger partial charge on any atom is -0.409 e. The molecule has 0 radical (unpaired) electrons. The number of hydrogen-bond donors (Lipinski definition) is 4. The molecule has 1 saturated carbocycles. The molecule has 0 aromatic heterocycles. The average molecular weight is 291 g/mol. The molecule has 1 amide bonds. The molecule has 0 saturated heterocycles. The van der Waals surface area contributed by atoms with Crippen molar-refractivity contribution in [3.8, 4) is 0 Å². The Morgan fingerprint density at radius 3 is 2.43 bits per heavy atom. The first-order valence-electron chi connectivity index (χ1n) is 7.12. The van der Waals surface area contributed by atoms with Crippen LogP contribution < -0.4 is 11.1 Å². The topological polar surface area (TPSA) is 108 Å². The van der Waals surface area contributed by atoms with Gasteiger partial charge in [0.15, 0.2) is 5.84 Å². The number of amidine groups is 1. The maximum absolute atomic E-state index is 12.4. The zero-order valence-corrected chi connectivity index (χ0v) is 11.8. The van der Waals surface area contributed by atoms with Crippen LogP contribution in [0.5, 0.6) is 0 Å². The molecule has 0 aliphatic heterocycles. The fraction of sp³-hybridized carbons (Fsp3) is 0.467. The van der Waals surface area contributed by atoms with E-state index in [1.807, 2.05) is 6.07 Å². The molecular weight excluding hydrogens is 270 g/mol. The largest absolute Gasteiger partial charge is 0.409 e. The summed E-state index contributed by atoms with van der Waals surface area (Å²) in [6.07, 6.45) is 2.58. The Morgan fingerprint density at radius 2 is 1.86 bits per heavy atom. The zero-order valence-electron chi connectivity index (χ0n) is 11.8. The van der Waals surface area contributed by atoms with Crippen molar-refractivity contribution >= 4 is 11.7 Å². The molecule has 21 heavy (non-hydrogen) atoms. The molecule has 0 spiro atoms. The number of hydrogen-bond acceptors (Lipinski definition) is 4. The van der Waals surface area contributed by atoms with Crippen LogP contribution in [-0.2, 0) is 4.79 Å². The van der Waals surface area contributed by atoms with Crippen molar-refractivity contribution in [1.29, 1.82) is 0 Å². The van der Waals surface area contributed by atoms with Crippen molar-refractivity contribution < 1.29 is 15.1 Å². The van der Waals surface area contributed by atoms with Gasteiger partial charge in [0, 0.05) is 6.04 Å². The lowest BCUT2D eigenvalue weighted by molar-refractivity contribution is -0.122. The number of nitrogens with zero attached hydrogens (tertiary/aromatic N) is 1. The van der Waals surface area contributed by atoms with Crippen LogP contribution in [0.2, 0.25) is 0 Å². The standard InChI is InChI=1S/C15H21N3O3/c16-14(18-21)13(10-4-2-1-3-5-10)15(20)17-11-6-8-12(19)9-7-11/h1-5,11-13,19,21H,6-9H2,(H2,16,18)(H,17,20). The number of rotatable bonds is 4. The number of benzene rings is 1. The van der Waals surface area contributed by atoms with Crippen molar-refractivity contribution in [1.82, 2.24) is 5.32 Å². The van der Waals surface area contributed by atoms with Gasteiger partial charge in [-0.1, -0.05) is 35.5 Å². The van der Waals surface area contributed by atoms with E-state index in [2.05, 4.69) is 10.5 Å². The van der Waals surface area contributed by atoms with Crippen molar-refractivity contribution in [2.24, 2.45) is 10.9 Å². The lowest BCUT2D eigenvalue weighted by atomic mass is 9.91. The normalized spacial score (nSPS) is 24.3. The number of carbonyl (C=O) groups excluding carboxylic acids is 1. The van der Waals surface area contributed by atoms with E-state index in [4.69, 9.17) is 10.9 Å². The summed E-state index contributed by atoms with van der Waals surface area (Å²) >= 11 is 0. The van der Waals surface area contributed by atoms with Gasteiger partial charge in [0.25, 0.3) is 0 Å². The first-order chi connectivity index (χ1) is 10.1. The number of carbonyl (C=O) groups is 1. The minimum atomic E-state index is -0.803. The van der Waals surface area contributed by atoms with E-state index in [9.17, 15) is 9.90 Å². The van der Waals surface area contributed by atoms with E-state index in [1.165, 1.54) is 0 Å². The SMILES string of the molecule is N/C(=N/O)C(C(=O)NC1CCC(O)CC1)c1ccccc1. The summed E-state index contributed by atoms with van der Waals surface area (Å²) in [6.45, 7) is 0. The first-order valence-corrected chi connectivity index (χ1v) is 7.12. The van der Waals surface area contributed by atoms with E-state index in [-0.39, 0.29) is 23.9 Å². The predicted octanol–water partition coefficient (Wildman–Crippen LogP) is 0.936. The Hall–Kier alpha value is -2.08. The van der Waals surface area contributed by atoms with Gasteiger partial charge in [0.2, 0.25) is 5.91 Å². The molecule has 1 aliphatic rings. The molecular formula is C15H21N3O3. The Kier molecular flexibility index (Phi) is 5.16. The Labute approximate surface area is 123 Å². The third-order valence-corrected chi connectivity index (χ3v) is 3.85. The lowest BCUT2D eigenvalue weighted by Crippen LogP contribution is -2.44.